The molecule has 10 heteroatoms. The summed E-state index contributed by atoms with van der Waals surface area (Å²) in [5.74, 6) is -2.47. The molecule has 3 aromatic carbocycles. The van der Waals surface area contributed by atoms with E-state index in [1.807, 2.05) is 30.3 Å². The quantitative estimate of drug-likeness (QED) is 0.225. The first-order chi connectivity index (χ1) is 17.2. The van der Waals surface area contributed by atoms with Crippen LogP contribution < -0.4 is 16.2 Å². The van der Waals surface area contributed by atoms with Crippen molar-refractivity contribution in [3.63, 3.8) is 0 Å². The first-order valence-electron chi connectivity index (χ1n) is 11.2. The van der Waals surface area contributed by atoms with Gasteiger partial charge in [0.2, 0.25) is 0 Å². The number of carboxylic acid groups (broad SMARTS) is 2. The van der Waals surface area contributed by atoms with E-state index in [-0.39, 0.29) is 24.0 Å². The Balaban J connectivity index is 1.45. The van der Waals surface area contributed by atoms with Crippen molar-refractivity contribution in [2.24, 2.45) is 0 Å². The highest BCUT2D eigenvalue weighted by Gasteiger charge is 2.21. The summed E-state index contributed by atoms with van der Waals surface area (Å²) in [7, 11) is 0. The number of rotatable bonds is 9. The van der Waals surface area contributed by atoms with Gasteiger partial charge in [0.1, 0.15) is 11.9 Å². The molecular formula is C26H24N4O6. The number of hydrogen-bond acceptors (Lipinski definition) is 6. The number of anilines is 1. The van der Waals surface area contributed by atoms with Crippen molar-refractivity contribution in [1.29, 1.82) is 0 Å². The predicted octanol–water partition coefficient (Wildman–Crippen LogP) is 3.04. The van der Waals surface area contributed by atoms with Crippen molar-refractivity contribution in [3.05, 3.63) is 81.9 Å². The highest BCUT2D eigenvalue weighted by atomic mass is 16.4. The summed E-state index contributed by atoms with van der Waals surface area (Å²) in [6.45, 7) is 2.20. The van der Waals surface area contributed by atoms with E-state index in [1.165, 1.54) is 0 Å². The number of amides is 1. The maximum Gasteiger partial charge on any atom is 0.326 e. The summed E-state index contributed by atoms with van der Waals surface area (Å²) in [5, 5.41) is 25.9. The van der Waals surface area contributed by atoms with Gasteiger partial charge in [0, 0.05) is 24.2 Å². The Morgan fingerprint density at radius 1 is 1.03 bits per heavy atom. The molecule has 0 unspecified atom stereocenters. The number of nitrogens with zero attached hydrogens (tertiary/aromatic N) is 1. The fraction of sp³-hybridized carbons (Fsp3) is 0.192. The Bertz CT molecular complexity index is 1530. The normalized spacial score (nSPS) is 11.8. The number of nitrogens with one attached hydrogen (secondary N) is 3. The minimum atomic E-state index is -1.29. The molecule has 1 heterocycles. The Labute approximate surface area is 205 Å². The third kappa shape index (κ3) is 5.49. The lowest BCUT2D eigenvalue weighted by Crippen LogP contribution is -2.41. The number of carboxylic acids is 2. The van der Waals surface area contributed by atoms with E-state index in [2.05, 4.69) is 20.6 Å². The molecule has 5 N–H and O–H groups in total. The second kappa shape index (κ2) is 10.3. The maximum atomic E-state index is 12.6. The van der Waals surface area contributed by atoms with Gasteiger partial charge in [-0.3, -0.25) is 14.4 Å². The molecule has 1 atom stereocenters. The van der Waals surface area contributed by atoms with E-state index >= 15 is 0 Å². The molecule has 1 amide bonds. The standard InChI is InChI=1S/C26H24N4O6/c1-14-28-20-9-6-16-3-2-15(12-19(16)23(20)25(34)29-14)13-27-18-7-4-17(5-8-18)24(33)30-21(26(35)36)10-11-22(31)32/h2-9,12,21,27H,10-11,13H2,1H3,(H,30,33)(H,31,32)(H,35,36)(H,28,29,34)/t21-/m0/s1. The highest BCUT2D eigenvalue weighted by Crippen LogP contribution is 2.23. The van der Waals surface area contributed by atoms with Crippen LogP contribution in [0.15, 0.2) is 59.4 Å². The molecule has 0 spiro atoms. The van der Waals surface area contributed by atoms with Gasteiger partial charge in [-0.05, 0) is 66.1 Å². The number of benzene rings is 3. The molecular weight excluding hydrogens is 464 g/mol. The van der Waals surface area contributed by atoms with Gasteiger partial charge in [-0.15, -0.1) is 0 Å². The molecule has 0 aliphatic heterocycles. The molecule has 1 aromatic heterocycles. The highest BCUT2D eigenvalue weighted by molar-refractivity contribution is 6.05. The number of hydrogen-bond donors (Lipinski definition) is 5. The Morgan fingerprint density at radius 2 is 1.75 bits per heavy atom. The number of aryl methyl sites for hydroxylation is 1. The molecule has 0 radical (unpaired) electrons. The number of fused-ring (bicyclic) bond motifs is 3. The van der Waals surface area contributed by atoms with Crippen LogP contribution >= 0.6 is 0 Å². The first kappa shape index (κ1) is 24.4. The minimum Gasteiger partial charge on any atom is -0.481 e. The number of aromatic nitrogens is 2. The van der Waals surface area contributed by atoms with Gasteiger partial charge in [0.15, 0.2) is 0 Å². The van der Waals surface area contributed by atoms with Gasteiger partial charge in [0.25, 0.3) is 11.5 Å². The van der Waals surface area contributed by atoms with Crippen LogP contribution in [0.3, 0.4) is 0 Å². The molecule has 0 aliphatic rings. The third-order valence-electron chi connectivity index (χ3n) is 5.77. The number of carbonyl (C=O) groups excluding carboxylic acids is 1. The van der Waals surface area contributed by atoms with E-state index in [0.717, 1.165) is 22.0 Å². The third-order valence-corrected chi connectivity index (χ3v) is 5.77. The van der Waals surface area contributed by atoms with Crippen LogP contribution in [-0.2, 0) is 16.1 Å². The SMILES string of the molecule is Cc1nc2ccc3ccc(CNc4ccc(C(=O)N[C@@H](CCC(=O)O)C(=O)O)cc4)cc3c2c(=O)[nH]1. The fourth-order valence-electron chi connectivity index (χ4n) is 3.94. The largest absolute Gasteiger partial charge is 0.481 e. The molecule has 0 aliphatic carbocycles. The van der Waals surface area contributed by atoms with Crippen LogP contribution in [0.4, 0.5) is 5.69 Å². The lowest BCUT2D eigenvalue weighted by atomic mass is 10.0. The summed E-state index contributed by atoms with van der Waals surface area (Å²) in [5.41, 5.74) is 2.38. The van der Waals surface area contributed by atoms with Crippen LogP contribution in [0.5, 0.6) is 0 Å². The lowest BCUT2D eigenvalue weighted by Gasteiger charge is -2.14. The van der Waals surface area contributed by atoms with Gasteiger partial charge < -0.3 is 25.8 Å². The first-order valence-corrected chi connectivity index (χ1v) is 11.2. The van der Waals surface area contributed by atoms with Gasteiger partial charge >= 0.3 is 11.9 Å². The van der Waals surface area contributed by atoms with Crippen LogP contribution in [0.25, 0.3) is 21.7 Å². The van der Waals surface area contributed by atoms with Crippen molar-refractivity contribution < 1.29 is 24.6 Å². The Hall–Kier alpha value is -4.73. The zero-order valence-electron chi connectivity index (χ0n) is 19.4. The molecule has 4 rings (SSSR count). The molecule has 0 saturated carbocycles. The van der Waals surface area contributed by atoms with Crippen molar-refractivity contribution in [2.45, 2.75) is 32.4 Å². The van der Waals surface area contributed by atoms with Crippen LogP contribution in [0.1, 0.15) is 34.6 Å². The lowest BCUT2D eigenvalue weighted by molar-refractivity contribution is -0.140. The van der Waals surface area contributed by atoms with E-state index in [0.29, 0.717) is 23.3 Å². The van der Waals surface area contributed by atoms with Crippen LogP contribution in [0.2, 0.25) is 0 Å². The van der Waals surface area contributed by atoms with Gasteiger partial charge in [-0.2, -0.15) is 0 Å². The Morgan fingerprint density at radius 3 is 2.44 bits per heavy atom. The summed E-state index contributed by atoms with van der Waals surface area (Å²) in [6.07, 6.45) is -0.576. The topological polar surface area (TPSA) is 161 Å². The second-order valence-corrected chi connectivity index (χ2v) is 8.39. The number of carbonyl (C=O) groups is 3. The summed E-state index contributed by atoms with van der Waals surface area (Å²) in [6, 6.07) is 14.8. The monoisotopic (exact) mass is 488 g/mol. The molecule has 0 saturated heterocycles. The Kier molecular flexibility index (Phi) is 6.95. The van der Waals surface area contributed by atoms with Crippen molar-refractivity contribution >= 4 is 45.2 Å². The van der Waals surface area contributed by atoms with Gasteiger partial charge in [-0.1, -0.05) is 18.2 Å². The van der Waals surface area contributed by atoms with Crippen molar-refractivity contribution in [1.82, 2.24) is 15.3 Å². The zero-order valence-corrected chi connectivity index (χ0v) is 19.4. The van der Waals surface area contributed by atoms with E-state index in [4.69, 9.17) is 5.11 Å². The average Bonchev–Trinajstić information content (AvgIpc) is 2.84. The van der Waals surface area contributed by atoms with Crippen LogP contribution in [0, 0.1) is 6.92 Å². The number of aliphatic carboxylic acids is 2. The number of H-pyrrole nitrogens is 1. The predicted molar refractivity (Wildman–Crippen MR) is 134 cm³/mol. The van der Waals surface area contributed by atoms with Gasteiger partial charge in [-0.25, -0.2) is 9.78 Å². The molecule has 10 nitrogen and oxygen atoms in total. The minimum absolute atomic E-state index is 0.185. The molecule has 36 heavy (non-hydrogen) atoms. The van der Waals surface area contributed by atoms with Gasteiger partial charge in [0.05, 0.1) is 10.9 Å². The van der Waals surface area contributed by atoms with Crippen molar-refractivity contribution in [2.75, 3.05) is 5.32 Å². The molecule has 184 valence electrons. The van der Waals surface area contributed by atoms with E-state index in [9.17, 15) is 24.3 Å². The maximum absolute atomic E-state index is 12.6. The van der Waals surface area contributed by atoms with Crippen molar-refractivity contribution in [3.8, 4) is 0 Å². The fourth-order valence-corrected chi connectivity index (χ4v) is 3.94. The molecule has 0 bridgehead atoms. The molecule has 0 fully saturated rings. The van der Waals surface area contributed by atoms with E-state index < -0.39 is 23.9 Å². The smallest absolute Gasteiger partial charge is 0.326 e. The summed E-state index contributed by atoms with van der Waals surface area (Å²) >= 11 is 0. The summed E-state index contributed by atoms with van der Waals surface area (Å²) < 4.78 is 0. The average molecular weight is 489 g/mol. The van der Waals surface area contributed by atoms with Crippen LogP contribution in [-0.4, -0.2) is 44.1 Å². The number of aromatic amines is 1. The second-order valence-electron chi connectivity index (χ2n) is 8.39. The van der Waals surface area contributed by atoms with E-state index in [1.54, 1.807) is 31.2 Å². The zero-order chi connectivity index (χ0) is 25.8. The summed E-state index contributed by atoms with van der Waals surface area (Å²) in [4.78, 5) is 54.1. The molecule has 4 aromatic rings.